The lowest BCUT2D eigenvalue weighted by molar-refractivity contribution is 0.0985. The predicted molar refractivity (Wildman–Crippen MR) is 244 cm³/mol. The quantitative estimate of drug-likeness (QED) is 0.135. The number of benzene rings is 2. The molecule has 0 spiro atoms. The maximum atomic E-state index is 14.8. The van der Waals surface area contributed by atoms with Crippen molar-refractivity contribution in [2.75, 3.05) is 92.7 Å². The molecule has 2 aromatic heterocycles. The molecule has 2 saturated heterocycles. The van der Waals surface area contributed by atoms with Gasteiger partial charge in [0, 0.05) is 62.5 Å². The normalized spacial score (nSPS) is 19.8. The SMILES string of the molecule is CNC(=O)Nc1ccc(-c2nc(N3CCOC[C@@H]3C)cc(C3(S(C)(=O)=O)CC3)n2)cc1F.C[C@H]1COCCN1c1cc(C2(S(C)(=O)=O)CC2)nc(-c2ccc(NC(=O)NCCO)c(F)c2)n1. The minimum Gasteiger partial charge on any atom is -0.395 e. The minimum absolute atomic E-state index is 0.0149. The summed E-state index contributed by atoms with van der Waals surface area (Å²) in [6.07, 6.45) is 4.35. The van der Waals surface area contributed by atoms with Crippen molar-refractivity contribution in [1.82, 2.24) is 30.6 Å². The highest BCUT2D eigenvalue weighted by molar-refractivity contribution is 7.92. The molecule has 8 rings (SSSR count). The molecule has 0 radical (unpaired) electrons. The van der Waals surface area contributed by atoms with E-state index >= 15 is 0 Å². The molecule has 0 bridgehead atoms. The van der Waals surface area contributed by atoms with Gasteiger partial charge in [0.25, 0.3) is 0 Å². The Bertz CT molecular complexity index is 2710. The average Bonchev–Trinajstić information content (AvgIpc) is 4.22. The van der Waals surface area contributed by atoms with Crippen LogP contribution in [-0.2, 0) is 38.6 Å². The first-order chi connectivity index (χ1) is 31.3. The number of hydrogen-bond acceptors (Lipinski definition) is 15. The predicted octanol–water partition coefficient (Wildman–Crippen LogP) is 3.95. The molecule has 23 heteroatoms. The average molecular weight is 957 g/mol. The van der Waals surface area contributed by atoms with Crippen molar-refractivity contribution in [3.05, 3.63) is 71.6 Å². The molecule has 2 aromatic carbocycles. The van der Waals surface area contributed by atoms with Crippen molar-refractivity contribution in [2.24, 2.45) is 0 Å². The minimum atomic E-state index is -3.42. The number of urea groups is 2. The Hall–Kier alpha value is -5.62. The first-order valence-corrected chi connectivity index (χ1v) is 25.2. The number of nitrogens with one attached hydrogen (secondary N) is 4. The fourth-order valence-electron chi connectivity index (χ4n) is 7.92. The summed E-state index contributed by atoms with van der Waals surface area (Å²) in [6, 6.07) is 10.8. The van der Waals surface area contributed by atoms with E-state index < -0.39 is 52.9 Å². The van der Waals surface area contributed by atoms with Gasteiger partial charge in [-0.3, -0.25) is 0 Å². The second kappa shape index (κ2) is 19.3. The monoisotopic (exact) mass is 956 g/mol. The van der Waals surface area contributed by atoms with Crippen LogP contribution in [0.25, 0.3) is 22.8 Å². The number of morpholine rings is 2. The van der Waals surface area contributed by atoms with Crippen LogP contribution in [0.3, 0.4) is 0 Å². The number of halogens is 2. The molecule has 4 amide bonds. The number of hydrogen-bond donors (Lipinski definition) is 5. The largest absolute Gasteiger partial charge is 0.395 e. The van der Waals surface area contributed by atoms with Gasteiger partial charge in [-0.1, -0.05) is 0 Å². The van der Waals surface area contributed by atoms with E-state index in [2.05, 4.69) is 46.1 Å². The lowest BCUT2D eigenvalue weighted by atomic mass is 10.1. The fraction of sp³-hybridized carbons (Fsp3) is 0.488. The van der Waals surface area contributed by atoms with Crippen molar-refractivity contribution in [3.63, 3.8) is 0 Å². The van der Waals surface area contributed by atoms with E-state index in [4.69, 9.17) is 14.6 Å². The smallest absolute Gasteiger partial charge is 0.319 e. The van der Waals surface area contributed by atoms with Crippen molar-refractivity contribution in [3.8, 4) is 22.8 Å². The Labute approximate surface area is 382 Å². The molecule has 66 heavy (non-hydrogen) atoms. The first kappa shape index (κ1) is 48.3. The molecular weight excluding hydrogens is 903 g/mol. The molecule has 2 aliphatic heterocycles. The molecule has 4 heterocycles. The Morgan fingerprint density at radius 2 is 1.14 bits per heavy atom. The first-order valence-electron chi connectivity index (χ1n) is 21.4. The number of amides is 4. The van der Waals surface area contributed by atoms with Crippen LogP contribution in [0.1, 0.15) is 50.9 Å². The number of aliphatic hydroxyl groups is 1. The molecule has 2 atom stereocenters. The molecule has 2 aliphatic carbocycles. The van der Waals surface area contributed by atoms with E-state index in [1.54, 1.807) is 24.3 Å². The Balaban J connectivity index is 0.000000197. The number of ether oxygens (including phenoxy) is 2. The third kappa shape index (κ3) is 10.3. The Kier molecular flexibility index (Phi) is 14.1. The molecule has 2 saturated carbocycles. The summed E-state index contributed by atoms with van der Waals surface area (Å²) in [7, 11) is -5.38. The zero-order chi connectivity index (χ0) is 47.6. The van der Waals surface area contributed by atoms with Crippen LogP contribution in [0.4, 0.5) is 41.4 Å². The van der Waals surface area contributed by atoms with Crippen LogP contribution >= 0.6 is 0 Å². The lowest BCUT2D eigenvalue weighted by Crippen LogP contribution is -2.44. The Morgan fingerprint density at radius 3 is 1.48 bits per heavy atom. The number of carbonyl (C=O) groups is 2. The number of carbonyl (C=O) groups excluding carboxylic acids is 2. The van der Waals surface area contributed by atoms with Crippen LogP contribution < -0.4 is 31.1 Å². The van der Waals surface area contributed by atoms with Crippen LogP contribution in [0.5, 0.6) is 0 Å². The summed E-state index contributed by atoms with van der Waals surface area (Å²) >= 11 is 0. The molecule has 356 valence electrons. The number of aliphatic hydroxyl groups excluding tert-OH is 1. The molecule has 4 aromatic rings. The van der Waals surface area contributed by atoms with Crippen LogP contribution in [0, 0.1) is 11.6 Å². The summed E-state index contributed by atoms with van der Waals surface area (Å²) < 4.78 is 88.6. The number of sulfone groups is 2. The van der Waals surface area contributed by atoms with Gasteiger partial charge in [0.2, 0.25) is 0 Å². The molecular formula is C43H54F2N10O9S2. The number of nitrogens with zero attached hydrogens (tertiary/aromatic N) is 6. The van der Waals surface area contributed by atoms with Gasteiger partial charge in [-0.25, -0.2) is 55.1 Å². The maximum Gasteiger partial charge on any atom is 0.319 e. The van der Waals surface area contributed by atoms with Crippen molar-refractivity contribution in [2.45, 2.75) is 61.1 Å². The number of anilines is 4. The van der Waals surface area contributed by atoms with E-state index in [0.717, 1.165) is 0 Å². The van der Waals surface area contributed by atoms with Gasteiger partial charge >= 0.3 is 12.1 Å². The maximum absolute atomic E-state index is 14.8. The van der Waals surface area contributed by atoms with Gasteiger partial charge in [-0.05, 0) is 75.9 Å². The van der Waals surface area contributed by atoms with Crippen LogP contribution in [0.15, 0.2) is 48.5 Å². The van der Waals surface area contributed by atoms with Crippen molar-refractivity contribution >= 4 is 54.7 Å². The Morgan fingerprint density at radius 1 is 0.712 bits per heavy atom. The van der Waals surface area contributed by atoms with E-state index in [-0.39, 0.29) is 48.3 Å². The van der Waals surface area contributed by atoms with Crippen molar-refractivity contribution < 1.29 is 49.8 Å². The van der Waals surface area contributed by atoms with Crippen LogP contribution in [0.2, 0.25) is 0 Å². The van der Waals surface area contributed by atoms with E-state index in [1.807, 2.05) is 18.7 Å². The summed E-state index contributed by atoms with van der Waals surface area (Å²) in [4.78, 5) is 45.8. The molecule has 5 N–H and O–H groups in total. The standard InChI is InChI=1S/C22H28FN5O5S.C21H26FN5O4S/c1-14-13-33-10-8-28(14)19-12-18(22(5-6-22)34(2,31)32)26-20(27-19)15-3-4-17(16(23)11-15)25-21(30)24-7-9-29;1-13-12-31-9-8-27(13)18-11-17(21(6-7-21)32(3,29)30)25-19(26-18)14-4-5-16(15(22)10-14)24-20(28)23-2/h3-4,11-12,14,29H,5-10,13H2,1-2H3,(H2,24,25,30);4-5,10-11,13H,6-9,12H2,1-3H3,(H2,23,24,28)/t14-;13-/m00/s1. The highest BCUT2D eigenvalue weighted by Gasteiger charge is 2.56. The molecule has 0 unspecified atom stereocenters. The summed E-state index contributed by atoms with van der Waals surface area (Å²) in [5.41, 5.74) is 1.53. The summed E-state index contributed by atoms with van der Waals surface area (Å²) in [5, 5.41) is 18.3. The van der Waals surface area contributed by atoms with E-state index in [9.17, 15) is 35.2 Å². The zero-order valence-corrected chi connectivity index (χ0v) is 38.9. The fourth-order valence-corrected chi connectivity index (χ4v) is 10.6. The van der Waals surface area contributed by atoms with E-state index in [1.165, 1.54) is 43.8 Å². The second-order valence-electron chi connectivity index (χ2n) is 16.8. The van der Waals surface area contributed by atoms with Gasteiger partial charge in [0.1, 0.15) is 32.8 Å². The number of aromatic nitrogens is 4. The van der Waals surface area contributed by atoms with Crippen LogP contribution in [-0.4, -0.2) is 138 Å². The molecule has 19 nitrogen and oxygen atoms in total. The van der Waals surface area contributed by atoms with Crippen molar-refractivity contribution in [1.29, 1.82) is 0 Å². The topological polar surface area (TPSA) is 247 Å². The second-order valence-corrected chi connectivity index (χ2v) is 21.5. The number of rotatable bonds is 12. The lowest BCUT2D eigenvalue weighted by Gasteiger charge is -2.34. The van der Waals surface area contributed by atoms with Gasteiger partial charge in [-0.15, -0.1) is 0 Å². The highest BCUT2D eigenvalue weighted by Crippen LogP contribution is 2.53. The van der Waals surface area contributed by atoms with E-state index in [0.29, 0.717) is 99.4 Å². The highest BCUT2D eigenvalue weighted by atomic mass is 32.2. The molecule has 4 aliphatic rings. The van der Waals surface area contributed by atoms with Gasteiger partial charge in [-0.2, -0.15) is 0 Å². The van der Waals surface area contributed by atoms with Gasteiger partial charge in [0.15, 0.2) is 31.3 Å². The third-order valence-corrected chi connectivity index (χ3v) is 16.2. The van der Waals surface area contributed by atoms with Gasteiger partial charge in [0.05, 0.1) is 67.9 Å². The van der Waals surface area contributed by atoms with Gasteiger partial charge < -0.3 is 45.6 Å². The zero-order valence-electron chi connectivity index (χ0n) is 37.2. The third-order valence-electron chi connectivity index (χ3n) is 12.1. The summed E-state index contributed by atoms with van der Waals surface area (Å²) in [5.74, 6) is 0.245. The summed E-state index contributed by atoms with van der Waals surface area (Å²) in [6.45, 7) is 7.08. The molecule has 4 fully saturated rings.